The number of benzene rings is 1. The molecule has 1 N–H and O–H groups in total. The van der Waals surface area contributed by atoms with Gasteiger partial charge in [0.25, 0.3) is 11.1 Å². The molecule has 0 spiro atoms. The predicted octanol–water partition coefficient (Wildman–Crippen LogP) is 2.57. The molecule has 1 fully saturated rings. The van der Waals surface area contributed by atoms with E-state index in [9.17, 15) is 9.59 Å². The Hall–Kier alpha value is -2.96. The van der Waals surface area contributed by atoms with Gasteiger partial charge in [-0.25, -0.2) is 9.67 Å². The molecule has 1 saturated carbocycles. The summed E-state index contributed by atoms with van der Waals surface area (Å²) in [5.41, 5.74) is 2.92. The lowest BCUT2D eigenvalue weighted by Gasteiger charge is -2.30. The van der Waals surface area contributed by atoms with Gasteiger partial charge >= 0.3 is 0 Å². The van der Waals surface area contributed by atoms with E-state index in [0.29, 0.717) is 16.9 Å². The molecule has 1 aromatic carbocycles. The maximum atomic E-state index is 12.6. The summed E-state index contributed by atoms with van der Waals surface area (Å²) >= 11 is 0. The summed E-state index contributed by atoms with van der Waals surface area (Å²) in [6.07, 6.45) is 6.67. The minimum atomic E-state index is -0.0410. The molecule has 0 bridgehead atoms. The summed E-state index contributed by atoms with van der Waals surface area (Å²) < 4.78 is 3.30. The van der Waals surface area contributed by atoms with E-state index in [2.05, 4.69) is 15.4 Å². The molecule has 2 aliphatic rings. The van der Waals surface area contributed by atoms with Crippen LogP contribution in [0.2, 0.25) is 0 Å². The number of aromatic nitrogens is 4. The van der Waals surface area contributed by atoms with E-state index in [1.54, 1.807) is 28.4 Å². The molecule has 0 amide bonds. The van der Waals surface area contributed by atoms with Gasteiger partial charge in [0.15, 0.2) is 0 Å². The summed E-state index contributed by atoms with van der Waals surface area (Å²) in [4.78, 5) is 29.7. The molecule has 7 nitrogen and oxygen atoms in total. The van der Waals surface area contributed by atoms with Crippen LogP contribution in [0.25, 0.3) is 10.9 Å². The number of hydrogen-bond donors (Lipinski definition) is 1. The number of nitrogens with zero attached hydrogens (tertiary/aromatic N) is 4. The van der Waals surface area contributed by atoms with Gasteiger partial charge in [-0.1, -0.05) is 12.1 Å². The van der Waals surface area contributed by atoms with Crippen molar-refractivity contribution in [3.05, 3.63) is 62.3 Å². The fraction of sp³-hybridized carbons (Fsp3) is 0.455. The van der Waals surface area contributed by atoms with Crippen LogP contribution >= 0.6 is 0 Å². The molecule has 0 saturated heterocycles. The third-order valence-electron chi connectivity index (χ3n) is 6.34. The van der Waals surface area contributed by atoms with Crippen LogP contribution in [0.15, 0.2) is 39.9 Å². The van der Waals surface area contributed by atoms with Gasteiger partial charge in [-0.3, -0.25) is 14.2 Å². The Balaban J connectivity index is 1.32. The average Bonchev–Trinajstić information content (AvgIpc) is 3.19. The summed E-state index contributed by atoms with van der Waals surface area (Å²) in [5, 5.41) is 8.76. The molecular formula is C22H25N5O2. The van der Waals surface area contributed by atoms with Crippen LogP contribution in [0.4, 0.5) is 5.95 Å². The van der Waals surface area contributed by atoms with Crippen molar-refractivity contribution in [3.63, 3.8) is 0 Å². The first-order valence-corrected chi connectivity index (χ1v) is 10.4. The lowest BCUT2D eigenvalue weighted by atomic mass is 9.91. The monoisotopic (exact) mass is 391 g/mol. The highest BCUT2D eigenvalue weighted by Crippen LogP contribution is 2.29. The van der Waals surface area contributed by atoms with Gasteiger partial charge in [0.05, 0.1) is 22.6 Å². The molecule has 150 valence electrons. The summed E-state index contributed by atoms with van der Waals surface area (Å²) in [6, 6.07) is 9.59. The average molecular weight is 391 g/mol. The number of nitrogens with one attached hydrogen (secondary N) is 1. The molecular weight excluding hydrogens is 366 g/mol. The summed E-state index contributed by atoms with van der Waals surface area (Å²) in [5.74, 6) is 0.602. The standard InChI is InChI=1S/C22H25N5O2/c1-26-21(29)17-6-2-3-7-19(17)24-22(26)23-15-9-11-16(12-10-15)27-20(28)13-14-5-4-8-18(14)25-27/h2-3,6-7,13,15-16H,4-5,8-12H2,1H3,(H,23,24). The second-order valence-corrected chi connectivity index (χ2v) is 8.22. The molecule has 2 aliphatic carbocycles. The molecule has 0 radical (unpaired) electrons. The minimum Gasteiger partial charge on any atom is -0.353 e. The highest BCUT2D eigenvalue weighted by Gasteiger charge is 2.26. The number of hydrogen-bond acceptors (Lipinski definition) is 5. The smallest absolute Gasteiger partial charge is 0.267 e. The highest BCUT2D eigenvalue weighted by molar-refractivity contribution is 5.78. The van der Waals surface area contributed by atoms with E-state index < -0.39 is 0 Å². The number of rotatable bonds is 3. The Morgan fingerprint density at radius 1 is 1.07 bits per heavy atom. The van der Waals surface area contributed by atoms with Crippen molar-refractivity contribution in [2.75, 3.05) is 5.32 Å². The second kappa shape index (κ2) is 7.13. The van der Waals surface area contributed by atoms with Crippen molar-refractivity contribution in [2.45, 2.75) is 57.0 Å². The van der Waals surface area contributed by atoms with E-state index in [0.717, 1.165) is 56.2 Å². The number of fused-ring (bicyclic) bond motifs is 2. The zero-order valence-electron chi connectivity index (χ0n) is 16.6. The predicted molar refractivity (Wildman–Crippen MR) is 112 cm³/mol. The van der Waals surface area contributed by atoms with Crippen molar-refractivity contribution in [2.24, 2.45) is 7.05 Å². The third kappa shape index (κ3) is 3.24. The Bertz CT molecular complexity index is 1190. The minimum absolute atomic E-state index is 0.0284. The molecule has 0 unspecified atom stereocenters. The first kappa shape index (κ1) is 18.1. The molecule has 5 rings (SSSR count). The summed E-state index contributed by atoms with van der Waals surface area (Å²) in [7, 11) is 1.75. The quantitative estimate of drug-likeness (QED) is 0.742. The molecule has 7 heteroatoms. The van der Waals surface area contributed by atoms with Crippen molar-refractivity contribution >= 4 is 16.9 Å². The lowest BCUT2D eigenvalue weighted by Crippen LogP contribution is -2.35. The number of aryl methyl sites for hydroxylation is 2. The van der Waals surface area contributed by atoms with Crippen LogP contribution in [-0.2, 0) is 19.9 Å². The third-order valence-corrected chi connectivity index (χ3v) is 6.34. The Morgan fingerprint density at radius 3 is 2.69 bits per heavy atom. The molecule has 2 heterocycles. The van der Waals surface area contributed by atoms with Gasteiger partial charge < -0.3 is 5.32 Å². The van der Waals surface area contributed by atoms with Gasteiger partial charge in [-0.05, 0) is 62.6 Å². The first-order valence-electron chi connectivity index (χ1n) is 10.4. The first-order chi connectivity index (χ1) is 14.1. The molecule has 0 atom stereocenters. The normalized spacial score (nSPS) is 21.3. The van der Waals surface area contributed by atoms with Gasteiger partial charge in [0, 0.05) is 19.2 Å². The molecule has 2 aromatic heterocycles. The zero-order chi connectivity index (χ0) is 20.0. The van der Waals surface area contributed by atoms with Crippen LogP contribution in [0.3, 0.4) is 0 Å². The SMILES string of the molecule is Cn1c(NC2CCC(n3nc4c(cc3=O)CCC4)CC2)nc2ccccc2c1=O. The molecule has 29 heavy (non-hydrogen) atoms. The van der Waals surface area contributed by atoms with Crippen LogP contribution in [0.1, 0.15) is 49.4 Å². The van der Waals surface area contributed by atoms with Crippen LogP contribution < -0.4 is 16.4 Å². The zero-order valence-corrected chi connectivity index (χ0v) is 16.6. The van der Waals surface area contributed by atoms with Crippen molar-refractivity contribution in [1.82, 2.24) is 19.3 Å². The van der Waals surface area contributed by atoms with Crippen LogP contribution in [0, 0.1) is 0 Å². The summed E-state index contributed by atoms with van der Waals surface area (Å²) in [6.45, 7) is 0. The number of para-hydroxylation sites is 1. The lowest BCUT2D eigenvalue weighted by molar-refractivity contribution is 0.301. The largest absolute Gasteiger partial charge is 0.353 e. The highest BCUT2D eigenvalue weighted by atomic mass is 16.1. The molecule has 3 aromatic rings. The van der Waals surface area contributed by atoms with Crippen LogP contribution in [0.5, 0.6) is 0 Å². The van der Waals surface area contributed by atoms with Gasteiger partial charge in [0.1, 0.15) is 0 Å². The Morgan fingerprint density at radius 2 is 1.86 bits per heavy atom. The fourth-order valence-electron chi connectivity index (χ4n) is 4.67. The Labute approximate surface area is 168 Å². The second-order valence-electron chi connectivity index (χ2n) is 8.22. The fourth-order valence-corrected chi connectivity index (χ4v) is 4.67. The Kier molecular flexibility index (Phi) is 4.45. The van der Waals surface area contributed by atoms with Crippen molar-refractivity contribution in [3.8, 4) is 0 Å². The van der Waals surface area contributed by atoms with E-state index in [4.69, 9.17) is 0 Å². The maximum absolute atomic E-state index is 12.6. The van der Waals surface area contributed by atoms with E-state index >= 15 is 0 Å². The van der Waals surface area contributed by atoms with Crippen molar-refractivity contribution < 1.29 is 0 Å². The van der Waals surface area contributed by atoms with Gasteiger partial charge in [-0.15, -0.1) is 0 Å². The van der Waals surface area contributed by atoms with Gasteiger partial charge in [-0.2, -0.15) is 5.10 Å². The van der Waals surface area contributed by atoms with Crippen LogP contribution in [-0.4, -0.2) is 25.4 Å². The molecule has 0 aliphatic heterocycles. The number of anilines is 1. The van der Waals surface area contributed by atoms with Gasteiger partial charge in [0.2, 0.25) is 5.95 Å². The van der Waals surface area contributed by atoms with E-state index in [-0.39, 0.29) is 23.2 Å². The topological polar surface area (TPSA) is 81.8 Å². The van der Waals surface area contributed by atoms with Crippen molar-refractivity contribution in [1.29, 1.82) is 0 Å². The maximum Gasteiger partial charge on any atom is 0.267 e. The van der Waals surface area contributed by atoms with E-state index in [1.807, 2.05) is 18.2 Å². The van der Waals surface area contributed by atoms with E-state index in [1.165, 1.54) is 0 Å².